The number of carbonyl (C=O) groups is 1. The summed E-state index contributed by atoms with van der Waals surface area (Å²) in [5.41, 5.74) is 7.92. The first-order valence-corrected chi connectivity index (χ1v) is 9.62. The van der Waals surface area contributed by atoms with E-state index in [0.29, 0.717) is 12.6 Å². The average molecular weight is 487 g/mol. The van der Waals surface area contributed by atoms with Crippen LogP contribution in [0.3, 0.4) is 0 Å². The monoisotopic (exact) mass is 487 g/mol. The van der Waals surface area contributed by atoms with Crippen molar-refractivity contribution in [2.45, 2.75) is 52.7 Å². The first-order valence-electron chi connectivity index (χ1n) is 9.62. The van der Waals surface area contributed by atoms with Gasteiger partial charge in [0.1, 0.15) is 0 Å². The van der Waals surface area contributed by atoms with Crippen molar-refractivity contribution in [3.8, 4) is 0 Å². The molecule has 0 spiro atoms. The summed E-state index contributed by atoms with van der Waals surface area (Å²) < 4.78 is 0. The van der Waals surface area contributed by atoms with Gasteiger partial charge >= 0.3 is 0 Å². The van der Waals surface area contributed by atoms with Crippen LogP contribution < -0.4 is 16.4 Å². The van der Waals surface area contributed by atoms with Gasteiger partial charge in [-0.1, -0.05) is 24.3 Å². The van der Waals surface area contributed by atoms with E-state index in [0.717, 1.165) is 45.0 Å². The highest BCUT2D eigenvalue weighted by molar-refractivity contribution is 14.0. The van der Waals surface area contributed by atoms with Crippen LogP contribution in [0.25, 0.3) is 0 Å². The van der Waals surface area contributed by atoms with Gasteiger partial charge in [-0.05, 0) is 51.3 Å². The van der Waals surface area contributed by atoms with Crippen molar-refractivity contribution in [1.82, 2.24) is 15.5 Å². The fourth-order valence-electron chi connectivity index (χ4n) is 3.28. The minimum absolute atomic E-state index is 0. The number of hydrogen-bond donors (Lipinski definition) is 3. The highest BCUT2D eigenvalue weighted by Crippen LogP contribution is 2.19. The Kier molecular flexibility index (Phi) is 10.7. The van der Waals surface area contributed by atoms with Crippen molar-refractivity contribution in [2.24, 2.45) is 16.6 Å². The SMILES string of the molecule is CCNC(=NCc1cccc(CN2CCCC(C(N)=O)C2)c1)NC(C)C.I. The third kappa shape index (κ3) is 8.47. The minimum atomic E-state index is -0.175. The molecule has 1 heterocycles. The molecule has 1 amide bonds. The maximum Gasteiger partial charge on any atom is 0.221 e. The van der Waals surface area contributed by atoms with E-state index in [9.17, 15) is 4.79 Å². The lowest BCUT2D eigenvalue weighted by Crippen LogP contribution is -2.41. The number of carbonyl (C=O) groups excluding carboxylic acids is 1. The Hall–Kier alpha value is -1.35. The molecule has 4 N–H and O–H groups in total. The molecule has 1 aromatic carbocycles. The number of nitrogens with two attached hydrogens (primary N) is 1. The number of nitrogens with one attached hydrogen (secondary N) is 2. The molecule has 1 aliphatic heterocycles. The summed E-state index contributed by atoms with van der Waals surface area (Å²) in [6.07, 6.45) is 1.95. The van der Waals surface area contributed by atoms with Gasteiger partial charge in [0.05, 0.1) is 12.5 Å². The molecular weight excluding hydrogens is 453 g/mol. The summed E-state index contributed by atoms with van der Waals surface area (Å²) in [5, 5.41) is 6.60. The predicted molar refractivity (Wildman–Crippen MR) is 122 cm³/mol. The zero-order valence-corrected chi connectivity index (χ0v) is 19.0. The summed E-state index contributed by atoms with van der Waals surface area (Å²) in [6.45, 7) is 10.4. The van der Waals surface area contributed by atoms with Gasteiger partial charge in [-0.25, -0.2) is 4.99 Å². The van der Waals surface area contributed by atoms with E-state index in [2.05, 4.69) is 65.6 Å². The Labute approximate surface area is 180 Å². The second-order valence-electron chi connectivity index (χ2n) is 7.29. The van der Waals surface area contributed by atoms with E-state index in [1.807, 2.05) is 0 Å². The van der Waals surface area contributed by atoms with Crippen molar-refractivity contribution in [3.63, 3.8) is 0 Å². The van der Waals surface area contributed by atoms with Crippen LogP contribution in [-0.2, 0) is 17.9 Å². The van der Waals surface area contributed by atoms with Crippen LogP contribution >= 0.6 is 24.0 Å². The molecule has 1 saturated heterocycles. The standard InChI is InChI=1S/C20H33N5O.HI/c1-4-22-20(24-15(2)3)23-12-16-7-5-8-17(11-16)13-25-10-6-9-18(14-25)19(21)26;/h5,7-8,11,15,18H,4,6,9-10,12-14H2,1-3H3,(H2,21,26)(H2,22,23,24);1H. The number of piperidine rings is 1. The van der Waals surface area contributed by atoms with Crippen LogP contribution in [0.15, 0.2) is 29.3 Å². The maximum absolute atomic E-state index is 11.5. The summed E-state index contributed by atoms with van der Waals surface area (Å²) in [6, 6.07) is 8.87. The van der Waals surface area contributed by atoms with Crippen LogP contribution in [0.1, 0.15) is 44.7 Å². The van der Waals surface area contributed by atoms with E-state index in [1.165, 1.54) is 11.1 Å². The molecule has 1 atom stereocenters. The number of primary amides is 1. The number of likely N-dealkylation sites (tertiary alicyclic amines) is 1. The molecule has 6 nitrogen and oxygen atoms in total. The average Bonchev–Trinajstić information content (AvgIpc) is 2.60. The van der Waals surface area contributed by atoms with E-state index >= 15 is 0 Å². The quantitative estimate of drug-likeness (QED) is 0.314. The Bertz CT molecular complexity index is 620. The summed E-state index contributed by atoms with van der Waals surface area (Å²) >= 11 is 0. The highest BCUT2D eigenvalue weighted by atomic mass is 127. The number of rotatable bonds is 7. The third-order valence-corrected chi connectivity index (χ3v) is 4.49. The largest absolute Gasteiger partial charge is 0.369 e. The molecule has 0 aliphatic carbocycles. The number of benzene rings is 1. The van der Waals surface area contributed by atoms with E-state index < -0.39 is 0 Å². The number of halogens is 1. The van der Waals surface area contributed by atoms with E-state index in [4.69, 9.17) is 5.73 Å². The lowest BCUT2D eigenvalue weighted by atomic mass is 9.97. The van der Waals surface area contributed by atoms with Crippen LogP contribution in [0, 0.1) is 5.92 Å². The van der Waals surface area contributed by atoms with Crippen LogP contribution in [0.2, 0.25) is 0 Å². The normalized spacial score (nSPS) is 18.1. The van der Waals surface area contributed by atoms with Gasteiger partial charge in [-0.3, -0.25) is 9.69 Å². The van der Waals surface area contributed by atoms with Gasteiger partial charge in [0.15, 0.2) is 5.96 Å². The lowest BCUT2D eigenvalue weighted by molar-refractivity contribution is -0.123. The van der Waals surface area contributed by atoms with E-state index in [-0.39, 0.29) is 35.8 Å². The summed E-state index contributed by atoms with van der Waals surface area (Å²) in [5.74, 6) is 0.654. The molecule has 1 unspecified atom stereocenters. The van der Waals surface area contributed by atoms with Gasteiger partial charge in [-0.15, -0.1) is 24.0 Å². The molecule has 0 aromatic heterocycles. The lowest BCUT2D eigenvalue weighted by Gasteiger charge is -2.31. The van der Waals surface area contributed by atoms with E-state index in [1.54, 1.807) is 0 Å². The van der Waals surface area contributed by atoms with Gasteiger partial charge in [0, 0.05) is 25.7 Å². The first-order chi connectivity index (χ1) is 12.5. The fraction of sp³-hybridized carbons (Fsp3) is 0.600. The third-order valence-electron chi connectivity index (χ3n) is 4.49. The second kappa shape index (κ2) is 12.2. The van der Waals surface area contributed by atoms with Crippen molar-refractivity contribution in [2.75, 3.05) is 19.6 Å². The number of guanidine groups is 1. The smallest absolute Gasteiger partial charge is 0.221 e. The number of hydrogen-bond acceptors (Lipinski definition) is 3. The number of amides is 1. The van der Waals surface area contributed by atoms with Gasteiger partial charge in [0.25, 0.3) is 0 Å². The van der Waals surface area contributed by atoms with Crippen molar-refractivity contribution >= 4 is 35.8 Å². The van der Waals surface area contributed by atoms with Crippen molar-refractivity contribution < 1.29 is 4.79 Å². The van der Waals surface area contributed by atoms with Gasteiger partial charge < -0.3 is 16.4 Å². The molecular formula is C20H34IN5O. The second-order valence-corrected chi connectivity index (χ2v) is 7.29. The van der Waals surface area contributed by atoms with Crippen LogP contribution in [-0.4, -0.2) is 42.4 Å². The maximum atomic E-state index is 11.5. The number of aliphatic imine (C=N–C) groups is 1. The minimum Gasteiger partial charge on any atom is -0.369 e. The first kappa shape index (κ1) is 23.7. The molecule has 2 rings (SSSR count). The molecule has 152 valence electrons. The summed E-state index contributed by atoms with van der Waals surface area (Å²) in [4.78, 5) is 18.4. The zero-order valence-electron chi connectivity index (χ0n) is 16.7. The highest BCUT2D eigenvalue weighted by Gasteiger charge is 2.23. The fourth-order valence-corrected chi connectivity index (χ4v) is 3.28. The zero-order chi connectivity index (χ0) is 18.9. The molecule has 7 heteroatoms. The molecule has 0 bridgehead atoms. The molecule has 1 aromatic rings. The predicted octanol–water partition coefficient (Wildman–Crippen LogP) is 2.47. The number of nitrogens with zero attached hydrogens (tertiary/aromatic N) is 2. The topological polar surface area (TPSA) is 82.8 Å². The Morgan fingerprint density at radius 3 is 2.78 bits per heavy atom. The molecule has 0 saturated carbocycles. The van der Waals surface area contributed by atoms with Gasteiger partial charge in [0.2, 0.25) is 5.91 Å². The molecule has 0 radical (unpaired) electrons. The Morgan fingerprint density at radius 1 is 1.37 bits per heavy atom. The molecule has 1 aliphatic rings. The summed E-state index contributed by atoms with van der Waals surface area (Å²) in [7, 11) is 0. The van der Waals surface area contributed by atoms with Gasteiger partial charge in [-0.2, -0.15) is 0 Å². The molecule has 27 heavy (non-hydrogen) atoms. The van der Waals surface area contributed by atoms with Crippen molar-refractivity contribution in [1.29, 1.82) is 0 Å². The Balaban J connectivity index is 0.00000364. The molecule has 1 fully saturated rings. The van der Waals surface area contributed by atoms with Crippen LogP contribution in [0.4, 0.5) is 0 Å². The Morgan fingerprint density at radius 2 is 2.11 bits per heavy atom. The van der Waals surface area contributed by atoms with Crippen molar-refractivity contribution in [3.05, 3.63) is 35.4 Å². The van der Waals surface area contributed by atoms with Crippen LogP contribution in [0.5, 0.6) is 0 Å².